The van der Waals surface area contributed by atoms with Crippen LogP contribution in [0.2, 0.25) is 0 Å². The zero-order valence-electron chi connectivity index (χ0n) is 8.43. The highest BCUT2D eigenvalue weighted by atomic mass is 79.9. The van der Waals surface area contributed by atoms with Crippen molar-refractivity contribution in [2.24, 2.45) is 10.8 Å². The van der Waals surface area contributed by atoms with E-state index in [0.717, 1.165) is 6.42 Å². The van der Waals surface area contributed by atoms with Gasteiger partial charge in [-0.05, 0) is 40.5 Å². The van der Waals surface area contributed by atoms with Gasteiger partial charge in [0.05, 0.1) is 4.47 Å². The molecule has 15 heavy (non-hydrogen) atoms. The van der Waals surface area contributed by atoms with E-state index in [1.54, 1.807) is 12.1 Å². The summed E-state index contributed by atoms with van der Waals surface area (Å²) in [5.41, 5.74) is 3.11. The van der Waals surface area contributed by atoms with E-state index >= 15 is 0 Å². The first kappa shape index (κ1) is 12.1. The maximum absolute atomic E-state index is 13.2. The summed E-state index contributed by atoms with van der Waals surface area (Å²) in [4.78, 5) is 4.20. The van der Waals surface area contributed by atoms with E-state index in [4.69, 9.17) is 5.84 Å². The molecule has 0 aliphatic heterocycles. The molecule has 3 N–H and O–H groups in total. The highest BCUT2D eigenvalue weighted by molar-refractivity contribution is 9.10. The first-order valence-electron chi connectivity index (χ1n) is 4.65. The van der Waals surface area contributed by atoms with E-state index in [-0.39, 0.29) is 5.82 Å². The van der Waals surface area contributed by atoms with Crippen LogP contribution in [0.4, 0.5) is 4.39 Å². The number of nitrogens with two attached hydrogens (primary N) is 1. The Balaban J connectivity index is 2.97. The number of benzene rings is 1. The Morgan fingerprint density at radius 3 is 2.87 bits per heavy atom. The highest BCUT2D eigenvalue weighted by Crippen LogP contribution is 2.16. The van der Waals surface area contributed by atoms with Gasteiger partial charge in [-0.2, -0.15) is 0 Å². The molecular formula is C10H13BrFN3. The van der Waals surface area contributed by atoms with Crippen molar-refractivity contribution in [3.63, 3.8) is 0 Å². The van der Waals surface area contributed by atoms with Crippen molar-refractivity contribution in [3.8, 4) is 0 Å². The van der Waals surface area contributed by atoms with Crippen LogP contribution in [-0.2, 0) is 0 Å². The predicted octanol–water partition coefficient (Wildman–Crippen LogP) is 2.21. The average molecular weight is 274 g/mol. The maximum atomic E-state index is 13.2. The van der Waals surface area contributed by atoms with Crippen molar-refractivity contribution in [1.29, 1.82) is 0 Å². The smallest absolute Gasteiger partial charge is 0.142 e. The molecule has 0 aliphatic carbocycles. The second kappa shape index (κ2) is 5.82. The van der Waals surface area contributed by atoms with Crippen molar-refractivity contribution < 1.29 is 4.39 Å². The number of amidine groups is 1. The monoisotopic (exact) mass is 273 g/mol. The first-order chi connectivity index (χ1) is 7.19. The molecule has 0 saturated carbocycles. The van der Waals surface area contributed by atoms with Gasteiger partial charge in [-0.15, -0.1) is 0 Å². The van der Waals surface area contributed by atoms with E-state index in [9.17, 15) is 4.39 Å². The van der Waals surface area contributed by atoms with Gasteiger partial charge in [-0.1, -0.05) is 6.92 Å². The molecule has 82 valence electrons. The van der Waals surface area contributed by atoms with E-state index in [1.807, 2.05) is 6.92 Å². The highest BCUT2D eigenvalue weighted by Gasteiger charge is 2.05. The van der Waals surface area contributed by atoms with Crippen molar-refractivity contribution in [3.05, 3.63) is 34.1 Å². The third-order valence-electron chi connectivity index (χ3n) is 1.82. The minimum atomic E-state index is -0.327. The Kier molecular flexibility index (Phi) is 4.71. The van der Waals surface area contributed by atoms with Crippen LogP contribution in [0.3, 0.4) is 0 Å². The molecule has 0 radical (unpaired) electrons. The van der Waals surface area contributed by atoms with Crippen LogP contribution in [0.15, 0.2) is 27.7 Å². The summed E-state index contributed by atoms with van der Waals surface area (Å²) in [6.45, 7) is 2.68. The van der Waals surface area contributed by atoms with Gasteiger partial charge in [0.25, 0.3) is 0 Å². The molecule has 1 aromatic rings. The van der Waals surface area contributed by atoms with Crippen LogP contribution in [0.25, 0.3) is 0 Å². The van der Waals surface area contributed by atoms with Crippen LogP contribution in [-0.4, -0.2) is 12.4 Å². The lowest BCUT2D eigenvalue weighted by molar-refractivity contribution is 0.620. The van der Waals surface area contributed by atoms with Crippen molar-refractivity contribution in [1.82, 2.24) is 5.43 Å². The normalized spacial score (nSPS) is 11.6. The molecule has 0 fully saturated rings. The molecule has 0 aromatic heterocycles. The number of nitrogens with zero attached hydrogens (tertiary/aromatic N) is 1. The fraction of sp³-hybridized carbons (Fsp3) is 0.300. The van der Waals surface area contributed by atoms with Gasteiger partial charge in [0.1, 0.15) is 11.7 Å². The van der Waals surface area contributed by atoms with Crippen LogP contribution in [0.1, 0.15) is 18.9 Å². The van der Waals surface area contributed by atoms with E-state index in [0.29, 0.717) is 22.4 Å². The second-order valence-corrected chi connectivity index (χ2v) is 3.86. The molecule has 0 aliphatic rings. The summed E-state index contributed by atoms with van der Waals surface area (Å²) in [5.74, 6) is 5.49. The lowest BCUT2D eigenvalue weighted by Crippen LogP contribution is -2.31. The summed E-state index contributed by atoms with van der Waals surface area (Å²) >= 11 is 3.09. The number of halogens is 2. The number of hydrogen-bond acceptors (Lipinski definition) is 2. The summed E-state index contributed by atoms with van der Waals surface area (Å²) in [6, 6.07) is 4.77. The molecular weight excluding hydrogens is 261 g/mol. The quantitative estimate of drug-likeness (QED) is 0.384. The van der Waals surface area contributed by atoms with E-state index in [1.165, 1.54) is 6.07 Å². The molecule has 3 nitrogen and oxygen atoms in total. The Morgan fingerprint density at radius 2 is 2.33 bits per heavy atom. The zero-order chi connectivity index (χ0) is 11.3. The Labute approximate surface area is 96.7 Å². The Bertz CT molecular complexity index is 366. The second-order valence-electron chi connectivity index (χ2n) is 3.00. The largest absolute Gasteiger partial charge is 0.308 e. The zero-order valence-corrected chi connectivity index (χ0v) is 10.0. The van der Waals surface area contributed by atoms with Gasteiger partial charge in [-0.25, -0.2) is 10.2 Å². The minimum absolute atomic E-state index is 0.327. The maximum Gasteiger partial charge on any atom is 0.142 e. The number of aliphatic imine (C=N–C) groups is 1. The molecule has 0 atom stereocenters. The van der Waals surface area contributed by atoms with Crippen molar-refractivity contribution >= 4 is 21.8 Å². The van der Waals surface area contributed by atoms with Crippen molar-refractivity contribution in [2.45, 2.75) is 13.3 Å². The lowest BCUT2D eigenvalue weighted by atomic mass is 10.2. The van der Waals surface area contributed by atoms with Crippen molar-refractivity contribution in [2.75, 3.05) is 6.54 Å². The summed E-state index contributed by atoms with van der Waals surface area (Å²) in [6.07, 6.45) is 0.921. The fourth-order valence-electron chi connectivity index (χ4n) is 1.09. The van der Waals surface area contributed by atoms with Gasteiger partial charge < -0.3 is 5.43 Å². The molecule has 1 aromatic carbocycles. The summed E-state index contributed by atoms with van der Waals surface area (Å²) in [7, 11) is 0. The molecule has 1 rings (SSSR count). The van der Waals surface area contributed by atoms with Crippen LogP contribution >= 0.6 is 15.9 Å². The standard InChI is InChI=1S/C10H13BrFN3/c1-2-5-14-10(15-13)7-3-4-8(11)9(12)6-7/h3-4,6H,2,5,13H2,1H3,(H,14,15). The molecule has 0 amide bonds. The molecule has 0 bridgehead atoms. The average Bonchev–Trinajstić information content (AvgIpc) is 2.24. The topological polar surface area (TPSA) is 50.4 Å². The van der Waals surface area contributed by atoms with Gasteiger partial charge in [0.2, 0.25) is 0 Å². The van der Waals surface area contributed by atoms with Gasteiger partial charge in [0.15, 0.2) is 0 Å². The predicted molar refractivity (Wildman–Crippen MR) is 63.1 cm³/mol. The van der Waals surface area contributed by atoms with Gasteiger partial charge in [0, 0.05) is 12.1 Å². The number of hydrazine groups is 1. The molecule has 0 heterocycles. The number of rotatable bonds is 3. The Morgan fingerprint density at radius 1 is 1.60 bits per heavy atom. The van der Waals surface area contributed by atoms with Crippen LogP contribution in [0, 0.1) is 5.82 Å². The summed E-state index contributed by atoms with van der Waals surface area (Å²) in [5, 5.41) is 0. The van der Waals surface area contributed by atoms with Gasteiger partial charge >= 0.3 is 0 Å². The molecule has 0 spiro atoms. The first-order valence-corrected chi connectivity index (χ1v) is 5.44. The molecule has 5 heteroatoms. The number of nitrogens with one attached hydrogen (secondary N) is 1. The van der Waals surface area contributed by atoms with E-state index in [2.05, 4.69) is 26.3 Å². The van der Waals surface area contributed by atoms with Gasteiger partial charge in [-0.3, -0.25) is 4.99 Å². The minimum Gasteiger partial charge on any atom is -0.308 e. The van der Waals surface area contributed by atoms with E-state index < -0.39 is 0 Å². The fourth-order valence-corrected chi connectivity index (χ4v) is 1.33. The third-order valence-corrected chi connectivity index (χ3v) is 2.47. The third kappa shape index (κ3) is 3.28. The summed E-state index contributed by atoms with van der Waals surface area (Å²) < 4.78 is 13.7. The van der Waals surface area contributed by atoms with Crippen LogP contribution < -0.4 is 11.3 Å². The molecule has 0 unspecified atom stereocenters. The molecule has 0 saturated heterocycles. The Hall–Kier alpha value is -0.940. The van der Waals surface area contributed by atoms with Crippen LogP contribution in [0.5, 0.6) is 0 Å². The number of hydrogen-bond donors (Lipinski definition) is 2. The lowest BCUT2D eigenvalue weighted by Gasteiger charge is -2.06. The SMILES string of the molecule is CCCN=C(NN)c1ccc(Br)c(F)c1.